The van der Waals surface area contributed by atoms with E-state index in [0.29, 0.717) is 5.56 Å². The van der Waals surface area contributed by atoms with Gasteiger partial charge in [0.1, 0.15) is 18.5 Å². The Balaban J connectivity index is 1.68. The fourth-order valence-electron chi connectivity index (χ4n) is 2.70. The summed E-state index contributed by atoms with van der Waals surface area (Å²) in [5, 5.41) is 14.4. The minimum atomic E-state index is -0.888. The number of rotatable bonds is 6. The van der Waals surface area contributed by atoms with E-state index in [1.165, 1.54) is 0 Å². The predicted octanol–water partition coefficient (Wildman–Crippen LogP) is 2.87. The molecular formula is C20H22N2O4. The van der Waals surface area contributed by atoms with E-state index in [2.05, 4.69) is 5.10 Å². The van der Waals surface area contributed by atoms with E-state index in [-0.39, 0.29) is 19.0 Å². The van der Waals surface area contributed by atoms with Crippen LogP contribution in [0.2, 0.25) is 0 Å². The number of aromatic nitrogens is 2. The number of aryl methyl sites for hydroxylation is 2. The Kier molecular flexibility index (Phi) is 5.23. The van der Waals surface area contributed by atoms with Crippen molar-refractivity contribution in [3.05, 3.63) is 69.7 Å². The van der Waals surface area contributed by atoms with Crippen molar-refractivity contribution in [2.75, 3.05) is 6.61 Å². The zero-order valence-corrected chi connectivity index (χ0v) is 15.1. The van der Waals surface area contributed by atoms with Crippen LogP contribution in [0.4, 0.5) is 0 Å². The Labute approximate surface area is 151 Å². The second kappa shape index (κ2) is 7.58. The Hall–Kier alpha value is -2.86. The number of aliphatic hydroxyl groups excluding tert-OH is 1. The van der Waals surface area contributed by atoms with Crippen LogP contribution in [0.25, 0.3) is 11.5 Å². The Morgan fingerprint density at radius 1 is 1.12 bits per heavy atom. The first-order valence-corrected chi connectivity index (χ1v) is 8.46. The van der Waals surface area contributed by atoms with Gasteiger partial charge in [0, 0.05) is 5.56 Å². The van der Waals surface area contributed by atoms with Crippen LogP contribution in [-0.4, -0.2) is 27.6 Å². The molecule has 0 aliphatic rings. The lowest BCUT2D eigenvalue weighted by molar-refractivity contribution is 0.0869. The maximum atomic E-state index is 12.0. The molecule has 1 N–H and O–H groups in total. The van der Waals surface area contributed by atoms with E-state index in [1.807, 2.05) is 51.1 Å². The molecule has 6 heteroatoms. The third kappa shape index (κ3) is 3.86. The van der Waals surface area contributed by atoms with Crippen molar-refractivity contribution in [3.8, 4) is 17.2 Å². The Bertz CT molecular complexity index is 944. The van der Waals surface area contributed by atoms with Crippen LogP contribution < -0.4 is 10.5 Å². The van der Waals surface area contributed by atoms with Crippen LogP contribution in [0, 0.1) is 20.8 Å². The predicted molar refractivity (Wildman–Crippen MR) is 98.4 cm³/mol. The summed E-state index contributed by atoms with van der Waals surface area (Å²) in [6, 6.07) is 13.2. The van der Waals surface area contributed by atoms with Gasteiger partial charge in [-0.15, -0.1) is 5.10 Å². The van der Waals surface area contributed by atoms with Gasteiger partial charge in [-0.3, -0.25) is 0 Å². The molecule has 0 amide bonds. The van der Waals surface area contributed by atoms with Crippen molar-refractivity contribution in [2.24, 2.45) is 0 Å². The average molecular weight is 354 g/mol. The molecule has 1 aromatic heterocycles. The topological polar surface area (TPSA) is 77.5 Å². The van der Waals surface area contributed by atoms with E-state index in [0.717, 1.165) is 27.1 Å². The highest BCUT2D eigenvalue weighted by atomic mass is 16.5. The molecule has 0 aliphatic heterocycles. The third-order valence-electron chi connectivity index (χ3n) is 4.30. The summed E-state index contributed by atoms with van der Waals surface area (Å²) >= 11 is 0. The summed E-state index contributed by atoms with van der Waals surface area (Å²) in [7, 11) is 0. The van der Waals surface area contributed by atoms with Gasteiger partial charge in [0.25, 0.3) is 0 Å². The molecule has 1 atom stereocenters. The van der Waals surface area contributed by atoms with Gasteiger partial charge >= 0.3 is 5.76 Å². The zero-order valence-electron chi connectivity index (χ0n) is 15.1. The van der Waals surface area contributed by atoms with Gasteiger partial charge in [-0.05, 0) is 49.6 Å². The van der Waals surface area contributed by atoms with Gasteiger partial charge in [0.15, 0.2) is 0 Å². The standard InChI is InChI=1S/C20H22N2O4/c1-13-9-10-14(2)18(15(13)3)25-12-17(23)11-22-20(24)26-19(21-22)16-7-5-4-6-8-16/h4-10,17,23H,11-12H2,1-3H3/t17-/m1/s1. The molecule has 0 aliphatic carbocycles. The monoisotopic (exact) mass is 354 g/mol. The summed E-state index contributed by atoms with van der Waals surface area (Å²) < 4.78 is 12.1. The summed E-state index contributed by atoms with van der Waals surface area (Å²) in [5.74, 6) is 0.390. The highest BCUT2D eigenvalue weighted by Crippen LogP contribution is 2.25. The molecule has 2 aromatic carbocycles. The number of hydrogen-bond donors (Lipinski definition) is 1. The quantitative estimate of drug-likeness (QED) is 0.736. The van der Waals surface area contributed by atoms with Gasteiger partial charge in [0.2, 0.25) is 5.89 Å². The van der Waals surface area contributed by atoms with E-state index >= 15 is 0 Å². The van der Waals surface area contributed by atoms with Crippen LogP contribution in [0.15, 0.2) is 51.7 Å². The molecule has 1 heterocycles. The number of aliphatic hydroxyl groups is 1. The second-order valence-corrected chi connectivity index (χ2v) is 6.34. The molecule has 136 valence electrons. The van der Waals surface area contributed by atoms with Crippen molar-refractivity contribution < 1.29 is 14.3 Å². The molecule has 0 radical (unpaired) electrons. The molecule has 0 saturated carbocycles. The van der Waals surface area contributed by atoms with E-state index < -0.39 is 11.9 Å². The molecule has 3 rings (SSSR count). The molecule has 0 bridgehead atoms. The van der Waals surface area contributed by atoms with E-state index in [9.17, 15) is 9.90 Å². The first-order valence-electron chi connectivity index (χ1n) is 8.46. The lowest BCUT2D eigenvalue weighted by Crippen LogP contribution is -2.29. The second-order valence-electron chi connectivity index (χ2n) is 6.34. The van der Waals surface area contributed by atoms with Crippen LogP contribution in [-0.2, 0) is 6.54 Å². The largest absolute Gasteiger partial charge is 0.490 e. The number of benzene rings is 2. The van der Waals surface area contributed by atoms with E-state index in [4.69, 9.17) is 9.15 Å². The lowest BCUT2D eigenvalue weighted by Gasteiger charge is -2.16. The first kappa shape index (κ1) is 17.9. The first-order chi connectivity index (χ1) is 12.5. The maximum absolute atomic E-state index is 12.0. The normalized spacial score (nSPS) is 12.2. The van der Waals surface area contributed by atoms with Crippen LogP contribution in [0.5, 0.6) is 5.75 Å². The average Bonchev–Trinajstić information content (AvgIpc) is 3.00. The van der Waals surface area contributed by atoms with Gasteiger partial charge in [-0.25, -0.2) is 4.79 Å². The van der Waals surface area contributed by atoms with Crippen LogP contribution >= 0.6 is 0 Å². The number of ether oxygens (including phenoxy) is 1. The van der Waals surface area contributed by atoms with Gasteiger partial charge in [0.05, 0.1) is 6.54 Å². The van der Waals surface area contributed by atoms with Crippen molar-refractivity contribution >= 4 is 0 Å². The Morgan fingerprint density at radius 3 is 2.54 bits per heavy atom. The van der Waals surface area contributed by atoms with Gasteiger partial charge in [-0.2, -0.15) is 4.68 Å². The van der Waals surface area contributed by atoms with Crippen molar-refractivity contribution in [2.45, 2.75) is 33.4 Å². The molecule has 0 saturated heterocycles. The maximum Gasteiger partial charge on any atom is 0.437 e. The SMILES string of the molecule is Cc1ccc(C)c(OC[C@H](O)Cn2nc(-c3ccccc3)oc2=O)c1C. The molecular weight excluding hydrogens is 332 g/mol. The summed E-state index contributed by atoms with van der Waals surface area (Å²) in [6.45, 7) is 6.02. The van der Waals surface area contributed by atoms with Crippen LogP contribution in [0.3, 0.4) is 0 Å². The molecule has 0 fully saturated rings. The molecule has 0 spiro atoms. The fraction of sp³-hybridized carbons (Fsp3) is 0.300. The molecule has 0 unspecified atom stereocenters. The Morgan fingerprint density at radius 2 is 1.81 bits per heavy atom. The highest BCUT2D eigenvalue weighted by Gasteiger charge is 2.15. The smallest absolute Gasteiger partial charge is 0.437 e. The minimum absolute atomic E-state index is 0.000915. The van der Waals surface area contributed by atoms with Crippen molar-refractivity contribution in [1.82, 2.24) is 9.78 Å². The van der Waals surface area contributed by atoms with Gasteiger partial charge in [-0.1, -0.05) is 30.3 Å². The number of hydrogen-bond acceptors (Lipinski definition) is 5. The molecule has 6 nitrogen and oxygen atoms in total. The summed E-state index contributed by atoms with van der Waals surface area (Å²) in [5.41, 5.74) is 3.88. The molecule has 3 aromatic rings. The lowest BCUT2D eigenvalue weighted by atomic mass is 10.1. The zero-order chi connectivity index (χ0) is 18.7. The highest BCUT2D eigenvalue weighted by molar-refractivity contribution is 5.51. The van der Waals surface area contributed by atoms with Crippen molar-refractivity contribution in [1.29, 1.82) is 0 Å². The van der Waals surface area contributed by atoms with Gasteiger partial charge < -0.3 is 14.3 Å². The van der Waals surface area contributed by atoms with Crippen LogP contribution in [0.1, 0.15) is 16.7 Å². The minimum Gasteiger partial charge on any atom is -0.490 e. The van der Waals surface area contributed by atoms with Crippen molar-refractivity contribution in [3.63, 3.8) is 0 Å². The summed E-state index contributed by atoms with van der Waals surface area (Å²) in [6.07, 6.45) is -0.888. The van der Waals surface area contributed by atoms with E-state index in [1.54, 1.807) is 12.1 Å². The third-order valence-corrected chi connectivity index (χ3v) is 4.30. The summed E-state index contributed by atoms with van der Waals surface area (Å²) in [4.78, 5) is 12.0. The fourth-order valence-corrected chi connectivity index (χ4v) is 2.70. The molecule has 26 heavy (non-hydrogen) atoms. The number of nitrogens with zero attached hydrogens (tertiary/aromatic N) is 2.